The number of amides is 1. The van der Waals surface area contributed by atoms with E-state index in [2.05, 4.69) is 5.32 Å². The Morgan fingerprint density at radius 2 is 1.87 bits per heavy atom. The maximum atomic E-state index is 12.3. The predicted molar refractivity (Wildman–Crippen MR) is 89.6 cm³/mol. The molecule has 0 saturated heterocycles. The number of benzene rings is 2. The molecule has 4 heteroatoms. The molecule has 0 atom stereocenters. The number of aliphatic hydroxyl groups is 1. The van der Waals surface area contributed by atoms with Gasteiger partial charge < -0.3 is 15.2 Å². The van der Waals surface area contributed by atoms with Gasteiger partial charge in [-0.2, -0.15) is 0 Å². The second kappa shape index (κ2) is 7.29. The molecule has 1 fully saturated rings. The lowest BCUT2D eigenvalue weighted by Gasteiger charge is -2.13. The van der Waals surface area contributed by atoms with Crippen molar-refractivity contribution in [3.63, 3.8) is 0 Å². The minimum absolute atomic E-state index is 0.0447. The van der Waals surface area contributed by atoms with E-state index >= 15 is 0 Å². The zero-order chi connectivity index (χ0) is 16.1. The molecule has 120 valence electrons. The molecular weight excluding hydrogens is 290 g/mol. The maximum Gasteiger partial charge on any atom is 0.255 e. The lowest BCUT2D eigenvalue weighted by molar-refractivity contribution is 0.102. The number of carbonyl (C=O) groups excluding carboxylic acids is 1. The number of carbonyl (C=O) groups is 1. The molecule has 0 radical (unpaired) electrons. The average molecular weight is 311 g/mol. The Bertz CT molecular complexity index is 661. The van der Waals surface area contributed by atoms with Gasteiger partial charge in [-0.25, -0.2) is 0 Å². The average Bonchev–Trinajstić information content (AvgIpc) is 3.08. The van der Waals surface area contributed by atoms with Gasteiger partial charge in [-0.1, -0.05) is 12.1 Å². The molecule has 23 heavy (non-hydrogen) atoms. The summed E-state index contributed by atoms with van der Waals surface area (Å²) in [6.45, 7) is -0.0447. The molecular formula is C19H21NO3. The van der Waals surface area contributed by atoms with E-state index in [0.717, 1.165) is 24.2 Å². The summed E-state index contributed by atoms with van der Waals surface area (Å²) in [4.78, 5) is 12.3. The fourth-order valence-corrected chi connectivity index (χ4v) is 2.83. The molecule has 2 aromatic carbocycles. The number of anilines is 1. The van der Waals surface area contributed by atoms with Crippen LogP contribution in [0.1, 0.15) is 41.6 Å². The minimum atomic E-state index is -0.174. The lowest BCUT2D eigenvalue weighted by Crippen LogP contribution is -2.13. The molecule has 1 saturated carbocycles. The summed E-state index contributed by atoms with van der Waals surface area (Å²) < 4.78 is 5.90. The van der Waals surface area contributed by atoms with Gasteiger partial charge in [0.25, 0.3) is 5.91 Å². The number of hydrogen-bond acceptors (Lipinski definition) is 3. The SMILES string of the molecule is O=C(Nc1cccc(CO)c1)c1ccc(OC2CCCC2)cc1. The number of nitrogens with one attached hydrogen (secondary N) is 1. The standard InChI is InChI=1S/C19H21NO3/c21-13-14-4-3-5-16(12-14)20-19(22)15-8-10-18(11-9-15)23-17-6-1-2-7-17/h3-5,8-12,17,21H,1-2,6-7,13H2,(H,20,22). The van der Waals surface area contributed by atoms with Crippen molar-refractivity contribution in [2.75, 3.05) is 5.32 Å². The van der Waals surface area contributed by atoms with E-state index < -0.39 is 0 Å². The van der Waals surface area contributed by atoms with Crippen LogP contribution in [0.15, 0.2) is 48.5 Å². The molecule has 0 aliphatic heterocycles. The number of ether oxygens (including phenoxy) is 1. The molecule has 0 bridgehead atoms. The highest BCUT2D eigenvalue weighted by Gasteiger charge is 2.16. The van der Waals surface area contributed by atoms with Gasteiger partial charge in [0.2, 0.25) is 0 Å². The van der Waals surface area contributed by atoms with Crippen LogP contribution in [-0.2, 0) is 6.61 Å². The Labute approximate surface area is 136 Å². The van der Waals surface area contributed by atoms with Crippen LogP contribution in [0.3, 0.4) is 0 Å². The Balaban J connectivity index is 1.62. The van der Waals surface area contributed by atoms with Crippen LogP contribution in [0.5, 0.6) is 5.75 Å². The number of rotatable bonds is 5. The molecule has 1 aliphatic rings. The topological polar surface area (TPSA) is 58.6 Å². The van der Waals surface area contributed by atoms with Gasteiger partial charge in [-0.05, 0) is 67.6 Å². The molecule has 0 heterocycles. The number of hydrogen-bond donors (Lipinski definition) is 2. The highest BCUT2D eigenvalue weighted by atomic mass is 16.5. The summed E-state index contributed by atoms with van der Waals surface area (Å²) in [6.07, 6.45) is 5.01. The van der Waals surface area contributed by atoms with Crippen molar-refractivity contribution in [3.8, 4) is 5.75 Å². The van der Waals surface area contributed by atoms with E-state index in [1.807, 2.05) is 18.2 Å². The van der Waals surface area contributed by atoms with Gasteiger partial charge in [0, 0.05) is 11.3 Å². The van der Waals surface area contributed by atoms with Crippen LogP contribution in [0, 0.1) is 0 Å². The van der Waals surface area contributed by atoms with Crippen molar-refractivity contribution in [2.24, 2.45) is 0 Å². The predicted octanol–water partition coefficient (Wildman–Crippen LogP) is 3.75. The van der Waals surface area contributed by atoms with E-state index in [4.69, 9.17) is 9.84 Å². The zero-order valence-corrected chi connectivity index (χ0v) is 13.0. The summed E-state index contributed by atoms with van der Waals surface area (Å²) in [5.41, 5.74) is 2.02. The summed E-state index contributed by atoms with van der Waals surface area (Å²) in [5, 5.41) is 12.0. The van der Waals surface area contributed by atoms with Gasteiger partial charge in [-0.15, -0.1) is 0 Å². The lowest BCUT2D eigenvalue weighted by atomic mass is 10.1. The third-order valence-electron chi connectivity index (χ3n) is 4.09. The molecule has 2 N–H and O–H groups in total. The summed E-state index contributed by atoms with van der Waals surface area (Å²) in [6, 6.07) is 14.4. The Kier molecular flexibility index (Phi) is 4.93. The first-order valence-corrected chi connectivity index (χ1v) is 8.02. The van der Waals surface area contributed by atoms with E-state index in [-0.39, 0.29) is 12.5 Å². The molecule has 2 aromatic rings. The largest absolute Gasteiger partial charge is 0.490 e. The highest BCUT2D eigenvalue weighted by molar-refractivity contribution is 6.04. The van der Waals surface area contributed by atoms with Crippen LogP contribution < -0.4 is 10.1 Å². The fourth-order valence-electron chi connectivity index (χ4n) is 2.83. The summed E-state index contributed by atoms with van der Waals surface area (Å²) >= 11 is 0. The second-order valence-electron chi connectivity index (χ2n) is 5.86. The molecule has 0 unspecified atom stereocenters. The van der Waals surface area contributed by atoms with Crippen molar-refractivity contribution in [3.05, 3.63) is 59.7 Å². The Morgan fingerprint density at radius 1 is 1.13 bits per heavy atom. The van der Waals surface area contributed by atoms with Crippen molar-refractivity contribution in [1.29, 1.82) is 0 Å². The van der Waals surface area contributed by atoms with Gasteiger partial charge in [0.05, 0.1) is 12.7 Å². The molecule has 1 aliphatic carbocycles. The molecule has 0 aromatic heterocycles. The second-order valence-corrected chi connectivity index (χ2v) is 5.86. The third-order valence-corrected chi connectivity index (χ3v) is 4.09. The van der Waals surface area contributed by atoms with E-state index in [1.165, 1.54) is 12.8 Å². The Morgan fingerprint density at radius 3 is 2.57 bits per heavy atom. The monoisotopic (exact) mass is 311 g/mol. The van der Waals surface area contributed by atoms with Gasteiger partial charge in [0.15, 0.2) is 0 Å². The minimum Gasteiger partial charge on any atom is -0.490 e. The summed E-state index contributed by atoms with van der Waals surface area (Å²) in [5.74, 6) is 0.642. The van der Waals surface area contributed by atoms with Crippen LogP contribution >= 0.6 is 0 Å². The van der Waals surface area contributed by atoms with Crippen molar-refractivity contribution < 1.29 is 14.6 Å². The first-order chi connectivity index (χ1) is 11.2. The van der Waals surface area contributed by atoms with Gasteiger partial charge in [-0.3, -0.25) is 4.79 Å². The van der Waals surface area contributed by atoms with E-state index in [0.29, 0.717) is 17.4 Å². The Hall–Kier alpha value is -2.33. The highest BCUT2D eigenvalue weighted by Crippen LogP contribution is 2.24. The summed E-state index contributed by atoms with van der Waals surface area (Å²) in [7, 11) is 0. The fraction of sp³-hybridized carbons (Fsp3) is 0.316. The third kappa shape index (κ3) is 4.11. The van der Waals surface area contributed by atoms with Crippen LogP contribution in [0.4, 0.5) is 5.69 Å². The van der Waals surface area contributed by atoms with Crippen molar-refractivity contribution in [2.45, 2.75) is 38.4 Å². The smallest absolute Gasteiger partial charge is 0.255 e. The normalized spacial score (nSPS) is 14.7. The van der Waals surface area contributed by atoms with E-state index in [1.54, 1.807) is 30.3 Å². The maximum absolute atomic E-state index is 12.3. The molecule has 1 amide bonds. The van der Waals surface area contributed by atoms with Crippen LogP contribution in [-0.4, -0.2) is 17.1 Å². The first-order valence-electron chi connectivity index (χ1n) is 8.02. The van der Waals surface area contributed by atoms with Gasteiger partial charge in [0.1, 0.15) is 5.75 Å². The molecule has 3 rings (SSSR count). The van der Waals surface area contributed by atoms with Crippen LogP contribution in [0.2, 0.25) is 0 Å². The van der Waals surface area contributed by atoms with Crippen LogP contribution in [0.25, 0.3) is 0 Å². The van der Waals surface area contributed by atoms with E-state index in [9.17, 15) is 4.79 Å². The zero-order valence-electron chi connectivity index (χ0n) is 13.0. The van der Waals surface area contributed by atoms with Crippen molar-refractivity contribution in [1.82, 2.24) is 0 Å². The van der Waals surface area contributed by atoms with Gasteiger partial charge >= 0.3 is 0 Å². The number of aliphatic hydroxyl groups excluding tert-OH is 1. The quantitative estimate of drug-likeness (QED) is 0.884. The molecule has 4 nitrogen and oxygen atoms in total. The molecule has 0 spiro atoms. The first kappa shape index (κ1) is 15.6. The van der Waals surface area contributed by atoms with Crippen molar-refractivity contribution >= 4 is 11.6 Å².